The highest BCUT2D eigenvalue weighted by Crippen LogP contribution is 2.01. The normalized spacial score (nSPS) is 21.0. The van der Waals surface area contributed by atoms with Crippen molar-refractivity contribution in [2.24, 2.45) is 0 Å². The minimum Gasteiger partial charge on any atom is -0.315 e. The zero-order valence-corrected chi connectivity index (χ0v) is 10.7. The Hall–Kier alpha value is 0.790. The van der Waals surface area contributed by atoms with E-state index >= 15 is 0 Å². The summed E-state index contributed by atoms with van der Waals surface area (Å²) in [7, 11) is 0. The topological polar surface area (TPSA) is 24.1 Å². The van der Waals surface area contributed by atoms with E-state index in [0.717, 1.165) is 6.54 Å². The van der Waals surface area contributed by atoms with Crippen molar-refractivity contribution in [3.05, 3.63) is 0 Å². The van der Waals surface area contributed by atoms with Crippen molar-refractivity contribution in [3.8, 4) is 0 Å². The maximum Gasteiger partial charge on any atom is 0.0195 e. The lowest BCUT2D eigenvalue weighted by Crippen LogP contribution is -2.45. The largest absolute Gasteiger partial charge is 0.315 e. The van der Waals surface area contributed by atoms with Crippen LogP contribution >= 0.6 is 37.2 Å². The third kappa shape index (κ3) is 9.10. The summed E-state index contributed by atoms with van der Waals surface area (Å²) in [6.45, 7) is 6.76. The molecule has 0 radical (unpaired) electrons. The van der Waals surface area contributed by atoms with Crippen LogP contribution in [0.25, 0.3) is 0 Å². The fourth-order valence-electron chi connectivity index (χ4n) is 1.47. The molecule has 0 bridgehead atoms. The van der Waals surface area contributed by atoms with Gasteiger partial charge in [0, 0.05) is 18.6 Å². The Morgan fingerprint density at radius 2 is 1.85 bits per heavy atom. The number of rotatable bonds is 2. The third-order valence-electron chi connectivity index (χ3n) is 1.87. The molecule has 0 aromatic carbocycles. The fraction of sp³-hybridized carbons (Fsp3) is 1.00. The minimum absolute atomic E-state index is 0. The molecule has 1 aliphatic rings. The van der Waals surface area contributed by atoms with Gasteiger partial charge in [0.05, 0.1) is 0 Å². The predicted molar refractivity (Wildman–Crippen MR) is 65.9 cm³/mol. The fourth-order valence-corrected chi connectivity index (χ4v) is 1.47. The molecule has 5 heteroatoms. The van der Waals surface area contributed by atoms with Crippen LogP contribution in [-0.2, 0) is 0 Å². The zero-order chi connectivity index (χ0) is 7.40. The molecule has 2 nitrogen and oxygen atoms in total. The first-order chi connectivity index (χ1) is 4.79. The van der Waals surface area contributed by atoms with Gasteiger partial charge < -0.3 is 10.6 Å². The summed E-state index contributed by atoms with van der Waals surface area (Å²) < 4.78 is 0. The molecule has 1 heterocycles. The van der Waals surface area contributed by atoms with Gasteiger partial charge in [0.1, 0.15) is 0 Å². The maximum absolute atomic E-state index is 3.52. The van der Waals surface area contributed by atoms with Gasteiger partial charge in [-0.25, -0.2) is 0 Å². The summed E-state index contributed by atoms with van der Waals surface area (Å²) in [4.78, 5) is 0. The van der Waals surface area contributed by atoms with Gasteiger partial charge in [0.25, 0.3) is 0 Å². The molecule has 13 heavy (non-hydrogen) atoms. The summed E-state index contributed by atoms with van der Waals surface area (Å²) in [6, 6.07) is 1.35. The van der Waals surface area contributed by atoms with E-state index in [9.17, 15) is 0 Å². The standard InChI is InChI=1S/C8H18N2.3ClH/c1-7(2)10-8-4-3-5-9-6-8;;;/h7-10H,3-6H2,1-2H3;3*1H/t8-;;;/m1.../s1. The van der Waals surface area contributed by atoms with Crippen molar-refractivity contribution >= 4 is 37.2 Å². The SMILES string of the molecule is CC(C)N[C@@H]1CCCNC1.Cl.Cl.Cl. The highest BCUT2D eigenvalue weighted by molar-refractivity contribution is 5.86. The van der Waals surface area contributed by atoms with Gasteiger partial charge in [-0.2, -0.15) is 0 Å². The Morgan fingerprint density at radius 3 is 2.23 bits per heavy atom. The molecule has 0 aromatic rings. The number of halogens is 3. The van der Waals surface area contributed by atoms with Gasteiger partial charge in [-0.15, -0.1) is 37.2 Å². The molecule has 0 spiro atoms. The number of nitrogens with one attached hydrogen (secondary N) is 2. The Bertz CT molecular complexity index is 95.4. The van der Waals surface area contributed by atoms with Crippen molar-refractivity contribution in [1.29, 1.82) is 0 Å². The van der Waals surface area contributed by atoms with Crippen molar-refractivity contribution in [3.63, 3.8) is 0 Å². The smallest absolute Gasteiger partial charge is 0.0195 e. The molecular formula is C8H21Cl3N2. The first-order valence-electron chi connectivity index (χ1n) is 4.26. The Morgan fingerprint density at radius 1 is 1.23 bits per heavy atom. The molecule has 0 aromatic heterocycles. The summed E-state index contributed by atoms with van der Waals surface area (Å²) in [5, 5.41) is 6.90. The van der Waals surface area contributed by atoms with E-state index in [1.165, 1.54) is 19.4 Å². The van der Waals surface area contributed by atoms with Gasteiger partial charge in [-0.3, -0.25) is 0 Å². The lowest BCUT2D eigenvalue weighted by atomic mass is 10.1. The molecule has 1 fully saturated rings. The van der Waals surface area contributed by atoms with E-state index in [1.54, 1.807) is 0 Å². The van der Waals surface area contributed by atoms with Crippen LogP contribution in [0, 0.1) is 0 Å². The van der Waals surface area contributed by atoms with E-state index in [-0.39, 0.29) is 37.2 Å². The number of hydrogen-bond acceptors (Lipinski definition) is 2. The van der Waals surface area contributed by atoms with Gasteiger partial charge in [0.2, 0.25) is 0 Å². The molecule has 0 amide bonds. The highest BCUT2D eigenvalue weighted by Gasteiger charge is 2.12. The first kappa shape index (κ1) is 19.4. The van der Waals surface area contributed by atoms with E-state index in [2.05, 4.69) is 24.5 Å². The molecular weight excluding hydrogens is 230 g/mol. The average Bonchev–Trinajstić information content (AvgIpc) is 1.88. The summed E-state index contributed by atoms with van der Waals surface area (Å²) in [5.74, 6) is 0. The van der Waals surface area contributed by atoms with Crippen LogP contribution < -0.4 is 10.6 Å². The molecule has 2 N–H and O–H groups in total. The quantitative estimate of drug-likeness (QED) is 0.784. The molecule has 84 valence electrons. The van der Waals surface area contributed by atoms with Crippen LogP contribution in [0.4, 0.5) is 0 Å². The molecule has 0 unspecified atom stereocenters. The lowest BCUT2D eigenvalue weighted by Gasteiger charge is -2.25. The molecule has 1 saturated heterocycles. The van der Waals surface area contributed by atoms with E-state index in [0.29, 0.717) is 12.1 Å². The third-order valence-corrected chi connectivity index (χ3v) is 1.87. The maximum atomic E-state index is 3.52. The van der Waals surface area contributed by atoms with Crippen LogP contribution in [0.5, 0.6) is 0 Å². The van der Waals surface area contributed by atoms with E-state index < -0.39 is 0 Å². The lowest BCUT2D eigenvalue weighted by molar-refractivity contribution is 0.367. The van der Waals surface area contributed by atoms with Crippen LogP contribution in [0.3, 0.4) is 0 Å². The molecule has 0 aliphatic carbocycles. The first-order valence-corrected chi connectivity index (χ1v) is 4.26. The van der Waals surface area contributed by atoms with Crippen molar-refractivity contribution in [2.45, 2.75) is 38.8 Å². The van der Waals surface area contributed by atoms with Crippen molar-refractivity contribution in [1.82, 2.24) is 10.6 Å². The summed E-state index contributed by atoms with van der Waals surface area (Å²) >= 11 is 0. The number of hydrogen-bond donors (Lipinski definition) is 2. The molecule has 1 atom stereocenters. The van der Waals surface area contributed by atoms with Gasteiger partial charge in [-0.1, -0.05) is 13.8 Å². The monoisotopic (exact) mass is 250 g/mol. The molecule has 1 aliphatic heterocycles. The second-order valence-corrected chi connectivity index (χ2v) is 3.36. The van der Waals surface area contributed by atoms with Crippen molar-refractivity contribution in [2.75, 3.05) is 13.1 Å². The molecule has 0 saturated carbocycles. The van der Waals surface area contributed by atoms with Gasteiger partial charge >= 0.3 is 0 Å². The Balaban J connectivity index is -0.000000333. The zero-order valence-electron chi connectivity index (χ0n) is 8.21. The highest BCUT2D eigenvalue weighted by atomic mass is 35.5. The van der Waals surface area contributed by atoms with E-state index in [1.807, 2.05) is 0 Å². The summed E-state index contributed by atoms with van der Waals surface area (Å²) in [5.41, 5.74) is 0. The van der Waals surface area contributed by atoms with Gasteiger partial charge in [0.15, 0.2) is 0 Å². The van der Waals surface area contributed by atoms with Crippen LogP contribution in [0.2, 0.25) is 0 Å². The van der Waals surface area contributed by atoms with Crippen LogP contribution in [-0.4, -0.2) is 25.2 Å². The van der Waals surface area contributed by atoms with Crippen molar-refractivity contribution < 1.29 is 0 Å². The second-order valence-electron chi connectivity index (χ2n) is 3.36. The minimum atomic E-state index is 0. The van der Waals surface area contributed by atoms with Crippen LogP contribution in [0.1, 0.15) is 26.7 Å². The van der Waals surface area contributed by atoms with E-state index in [4.69, 9.17) is 0 Å². The second kappa shape index (κ2) is 10.9. The molecule has 1 rings (SSSR count). The van der Waals surface area contributed by atoms with Crippen LogP contribution in [0.15, 0.2) is 0 Å². The Labute approximate surface area is 99.8 Å². The average molecular weight is 252 g/mol. The Kier molecular flexibility index (Phi) is 16.2. The van der Waals surface area contributed by atoms with Gasteiger partial charge in [-0.05, 0) is 19.4 Å². The number of piperidine rings is 1. The summed E-state index contributed by atoms with van der Waals surface area (Å²) in [6.07, 6.45) is 2.66. The predicted octanol–water partition coefficient (Wildman–Crippen LogP) is 2.00.